The molecule has 25 heavy (non-hydrogen) atoms. The highest BCUT2D eigenvalue weighted by atomic mass is 19.1. The van der Waals surface area contributed by atoms with Crippen LogP contribution < -0.4 is 0 Å². The largest absolute Gasteiger partial charge is 0.382 e. The van der Waals surface area contributed by atoms with Crippen molar-refractivity contribution < 1.29 is 13.9 Å². The molecule has 0 atom stereocenters. The van der Waals surface area contributed by atoms with E-state index in [1.54, 1.807) is 19.2 Å². The van der Waals surface area contributed by atoms with E-state index in [1.807, 2.05) is 12.1 Å². The summed E-state index contributed by atoms with van der Waals surface area (Å²) in [4.78, 5) is 0. The van der Waals surface area contributed by atoms with E-state index in [2.05, 4.69) is 0 Å². The monoisotopic (exact) mass is 352 g/mol. The predicted octanol–water partition coefficient (Wildman–Crippen LogP) is 6.32. The van der Waals surface area contributed by atoms with Gasteiger partial charge in [0, 0.05) is 13.7 Å². The summed E-state index contributed by atoms with van der Waals surface area (Å²) >= 11 is 0. The lowest BCUT2D eigenvalue weighted by Crippen LogP contribution is -2.02. The van der Waals surface area contributed by atoms with Gasteiger partial charge in [-0.3, -0.25) is 0 Å². The van der Waals surface area contributed by atoms with Gasteiger partial charge in [-0.15, -0.1) is 0 Å². The molecule has 144 valence electrons. The first-order valence-electron chi connectivity index (χ1n) is 10.1. The zero-order chi connectivity index (χ0) is 18.0. The van der Waals surface area contributed by atoms with Crippen molar-refractivity contribution in [2.45, 2.75) is 77.0 Å². The highest BCUT2D eigenvalue weighted by Gasteiger charge is 1.96. The number of hydrogen-bond donors (Lipinski definition) is 0. The molecule has 0 saturated carbocycles. The lowest BCUT2D eigenvalue weighted by atomic mass is 10.0. The zero-order valence-electron chi connectivity index (χ0n) is 16.1. The number of halogens is 1. The molecule has 2 nitrogen and oxygen atoms in total. The SMILES string of the molecule is COCCOCCCCCCCCCCCCCc1ccc(F)cc1. The molecule has 1 aromatic carbocycles. The summed E-state index contributed by atoms with van der Waals surface area (Å²) in [6, 6.07) is 6.93. The maximum absolute atomic E-state index is 12.8. The standard InChI is InChI=1S/C22H37FO2/c1-24-19-20-25-18-12-10-8-6-4-2-3-5-7-9-11-13-21-14-16-22(23)17-15-21/h14-17H,2-13,18-20H2,1H3. The van der Waals surface area contributed by atoms with E-state index < -0.39 is 0 Å². The van der Waals surface area contributed by atoms with Gasteiger partial charge in [-0.1, -0.05) is 69.9 Å². The second-order valence-electron chi connectivity index (χ2n) is 6.87. The minimum atomic E-state index is -0.140. The first-order chi connectivity index (χ1) is 12.3. The molecule has 0 fully saturated rings. The molecule has 1 rings (SSSR count). The van der Waals surface area contributed by atoms with E-state index in [9.17, 15) is 4.39 Å². The Kier molecular flexibility index (Phi) is 14.6. The molecule has 0 amide bonds. The highest BCUT2D eigenvalue weighted by Crippen LogP contribution is 2.13. The van der Waals surface area contributed by atoms with E-state index in [1.165, 1.54) is 76.2 Å². The first-order valence-corrected chi connectivity index (χ1v) is 10.1. The number of aryl methyl sites for hydroxylation is 1. The summed E-state index contributed by atoms with van der Waals surface area (Å²) in [6.07, 6.45) is 15.6. The van der Waals surface area contributed by atoms with Crippen molar-refractivity contribution in [1.82, 2.24) is 0 Å². The first kappa shape index (κ1) is 22.1. The number of rotatable bonds is 17. The van der Waals surface area contributed by atoms with E-state index in [0.29, 0.717) is 6.61 Å². The average molecular weight is 353 g/mol. The average Bonchev–Trinajstić information content (AvgIpc) is 2.63. The molecule has 0 unspecified atom stereocenters. The molecule has 0 radical (unpaired) electrons. The lowest BCUT2D eigenvalue weighted by Gasteiger charge is -2.04. The molecule has 0 spiro atoms. The Hall–Kier alpha value is -0.930. The molecule has 0 N–H and O–H groups in total. The van der Waals surface area contributed by atoms with Crippen LogP contribution in [0, 0.1) is 5.82 Å². The Bertz CT molecular complexity index is 392. The van der Waals surface area contributed by atoms with Gasteiger partial charge in [0.25, 0.3) is 0 Å². The molecule has 1 aromatic rings. The number of benzene rings is 1. The maximum atomic E-state index is 12.8. The van der Waals surface area contributed by atoms with Crippen LogP contribution in [-0.2, 0) is 15.9 Å². The Balaban J connectivity index is 1.74. The van der Waals surface area contributed by atoms with Crippen molar-refractivity contribution in [2.24, 2.45) is 0 Å². The molecular weight excluding hydrogens is 315 g/mol. The van der Waals surface area contributed by atoms with Gasteiger partial charge in [0.2, 0.25) is 0 Å². The molecular formula is C22H37FO2. The number of methoxy groups -OCH3 is 1. The van der Waals surface area contributed by atoms with E-state index in [0.717, 1.165) is 19.6 Å². The van der Waals surface area contributed by atoms with Crippen LogP contribution in [0.2, 0.25) is 0 Å². The van der Waals surface area contributed by atoms with Gasteiger partial charge in [-0.25, -0.2) is 4.39 Å². The molecule has 0 aromatic heterocycles. The van der Waals surface area contributed by atoms with Crippen molar-refractivity contribution in [1.29, 1.82) is 0 Å². The predicted molar refractivity (Wildman–Crippen MR) is 104 cm³/mol. The fraction of sp³-hybridized carbons (Fsp3) is 0.727. The van der Waals surface area contributed by atoms with Gasteiger partial charge in [0.1, 0.15) is 5.82 Å². The molecule has 0 aliphatic carbocycles. The summed E-state index contributed by atoms with van der Waals surface area (Å²) in [6.45, 7) is 2.30. The number of hydrogen-bond acceptors (Lipinski definition) is 2. The zero-order valence-corrected chi connectivity index (χ0v) is 16.1. The second kappa shape index (κ2) is 16.5. The highest BCUT2D eigenvalue weighted by molar-refractivity contribution is 5.15. The van der Waals surface area contributed by atoms with Gasteiger partial charge in [-0.05, 0) is 37.0 Å². The maximum Gasteiger partial charge on any atom is 0.123 e. The van der Waals surface area contributed by atoms with Crippen molar-refractivity contribution in [3.63, 3.8) is 0 Å². The molecule has 0 bridgehead atoms. The van der Waals surface area contributed by atoms with E-state index >= 15 is 0 Å². The summed E-state index contributed by atoms with van der Waals surface area (Å²) in [5.74, 6) is -0.140. The summed E-state index contributed by atoms with van der Waals surface area (Å²) in [5, 5.41) is 0. The van der Waals surface area contributed by atoms with Crippen LogP contribution in [-0.4, -0.2) is 26.9 Å². The quantitative estimate of drug-likeness (QED) is 0.305. The van der Waals surface area contributed by atoms with Crippen LogP contribution in [0.4, 0.5) is 4.39 Å². The van der Waals surface area contributed by atoms with Crippen molar-refractivity contribution in [3.8, 4) is 0 Å². The third-order valence-corrected chi connectivity index (χ3v) is 4.60. The Morgan fingerprint density at radius 3 is 1.72 bits per heavy atom. The Morgan fingerprint density at radius 2 is 1.16 bits per heavy atom. The minimum Gasteiger partial charge on any atom is -0.382 e. The fourth-order valence-corrected chi connectivity index (χ4v) is 3.02. The van der Waals surface area contributed by atoms with Gasteiger partial charge < -0.3 is 9.47 Å². The van der Waals surface area contributed by atoms with Crippen LogP contribution in [0.3, 0.4) is 0 Å². The van der Waals surface area contributed by atoms with E-state index in [-0.39, 0.29) is 5.82 Å². The van der Waals surface area contributed by atoms with Crippen molar-refractivity contribution in [3.05, 3.63) is 35.6 Å². The molecule has 0 aliphatic heterocycles. The van der Waals surface area contributed by atoms with Crippen LogP contribution in [0.1, 0.15) is 76.2 Å². The van der Waals surface area contributed by atoms with Crippen molar-refractivity contribution in [2.75, 3.05) is 26.9 Å². The molecule has 0 saturated heterocycles. The number of ether oxygens (including phenoxy) is 2. The minimum absolute atomic E-state index is 0.140. The topological polar surface area (TPSA) is 18.5 Å². The smallest absolute Gasteiger partial charge is 0.123 e. The second-order valence-corrected chi connectivity index (χ2v) is 6.87. The van der Waals surface area contributed by atoms with Crippen LogP contribution in [0.5, 0.6) is 0 Å². The van der Waals surface area contributed by atoms with Crippen molar-refractivity contribution >= 4 is 0 Å². The molecule has 0 heterocycles. The van der Waals surface area contributed by atoms with Gasteiger partial charge in [-0.2, -0.15) is 0 Å². The third kappa shape index (κ3) is 14.0. The summed E-state index contributed by atoms with van der Waals surface area (Å²) in [7, 11) is 1.71. The normalized spacial score (nSPS) is 11.1. The third-order valence-electron chi connectivity index (χ3n) is 4.60. The van der Waals surface area contributed by atoms with Gasteiger partial charge >= 0.3 is 0 Å². The Morgan fingerprint density at radius 1 is 0.640 bits per heavy atom. The number of unbranched alkanes of at least 4 members (excludes halogenated alkanes) is 10. The lowest BCUT2D eigenvalue weighted by molar-refractivity contribution is 0.0685. The van der Waals surface area contributed by atoms with Crippen LogP contribution in [0.15, 0.2) is 24.3 Å². The van der Waals surface area contributed by atoms with E-state index in [4.69, 9.17) is 9.47 Å². The fourth-order valence-electron chi connectivity index (χ4n) is 3.02. The molecule has 3 heteroatoms. The Labute approximate surface area is 154 Å². The summed E-state index contributed by atoms with van der Waals surface area (Å²) < 4.78 is 23.2. The van der Waals surface area contributed by atoms with Gasteiger partial charge in [0.15, 0.2) is 0 Å². The van der Waals surface area contributed by atoms with Gasteiger partial charge in [0.05, 0.1) is 13.2 Å². The van der Waals surface area contributed by atoms with Crippen LogP contribution >= 0.6 is 0 Å². The summed E-state index contributed by atoms with van der Waals surface area (Å²) in [5.41, 5.74) is 1.26. The van der Waals surface area contributed by atoms with Crippen LogP contribution in [0.25, 0.3) is 0 Å². The molecule has 0 aliphatic rings.